The molecule has 0 aromatic heterocycles. The van der Waals surface area contributed by atoms with Crippen LogP contribution in [-0.2, 0) is 6.42 Å². The van der Waals surface area contributed by atoms with Crippen LogP contribution in [0.2, 0.25) is 0 Å². The Labute approximate surface area is 87.5 Å². The normalized spacial score (nSPS) is 10.2. The van der Waals surface area contributed by atoms with E-state index in [0.29, 0.717) is 3.57 Å². The van der Waals surface area contributed by atoms with Crippen molar-refractivity contribution in [2.75, 3.05) is 0 Å². The highest BCUT2D eigenvalue weighted by Crippen LogP contribution is 2.21. The van der Waals surface area contributed by atoms with Gasteiger partial charge in [0.05, 0.1) is 3.57 Å². The Hall–Kier alpha value is 0.360. The van der Waals surface area contributed by atoms with Gasteiger partial charge in [-0.15, -0.1) is 0 Å². The van der Waals surface area contributed by atoms with Gasteiger partial charge in [0.25, 0.3) is 0 Å². The van der Waals surface area contributed by atoms with E-state index in [9.17, 15) is 4.39 Å². The van der Waals surface area contributed by atoms with Gasteiger partial charge in [-0.2, -0.15) is 0 Å². The molecule has 11 heavy (non-hydrogen) atoms. The van der Waals surface area contributed by atoms with Gasteiger partial charge in [-0.1, -0.05) is 22.9 Å². The molecule has 60 valence electrons. The van der Waals surface area contributed by atoms with Crippen LogP contribution in [0.5, 0.6) is 0 Å². The SMILES string of the molecule is CCc1cc(Br)cc(I)c1F. The lowest BCUT2D eigenvalue weighted by molar-refractivity contribution is 0.604. The van der Waals surface area contributed by atoms with Crippen LogP contribution in [0.1, 0.15) is 12.5 Å². The molecule has 0 saturated heterocycles. The van der Waals surface area contributed by atoms with Crippen LogP contribution < -0.4 is 0 Å². The Bertz CT molecular complexity index is 273. The molecule has 0 amide bonds. The summed E-state index contributed by atoms with van der Waals surface area (Å²) in [5, 5.41) is 0. The summed E-state index contributed by atoms with van der Waals surface area (Å²) in [6, 6.07) is 3.59. The molecule has 0 N–H and O–H groups in total. The van der Waals surface area contributed by atoms with E-state index in [2.05, 4.69) is 15.9 Å². The average Bonchev–Trinajstić information content (AvgIpc) is 1.96. The molecule has 0 nitrogen and oxygen atoms in total. The summed E-state index contributed by atoms with van der Waals surface area (Å²) in [4.78, 5) is 0. The van der Waals surface area contributed by atoms with Crippen molar-refractivity contribution in [1.29, 1.82) is 0 Å². The first kappa shape index (κ1) is 9.45. The van der Waals surface area contributed by atoms with E-state index in [0.717, 1.165) is 16.5 Å². The van der Waals surface area contributed by atoms with Crippen molar-refractivity contribution in [3.8, 4) is 0 Å². The first-order valence-electron chi connectivity index (χ1n) is 3.28. The van der Waals surface area contributed by atoms with Gasteiger partial charge in [0.15, 0.2) is 0 Å². The van der Waals surface area contributed by atoms with E-state index in [1.165, 1.54) is 0 Å². The van der Waals surface area contributed by atoms with Gasteiger partial charge in [0.2, 0.25) is 0 Å². The second-order valence-corrected chi connectivity index (χ2v) is 4.29. The van der Waals surface area contributed by atoms with E-state index in [-0.39, 0.29) is 5.82 Å². The van der Waals surface area contributed by atoms with Gasteiger partial charge in [-0.05, 0) is 46.7 Å². The Morgan fingerprint density at radius 1 is 1.55 bits per heavy atom. The third-order valence-corrected chi connectivity index (χ3v) is 2.69. The molecule has 1 aromatic rings. The maximum absolute atomic E-state index is 13.2. The van der Waals surface area contributed by atoms with Gasteiger partial charge in [-0.25, -0.2) is 4.39 Å². The summed E-state index contributed by atoms with van der Waals surface area (Å²) in [6.07, 6.45) is 0.737. The summed E-state index contributed by atoms with van der Waals surface area (Å²) in [5.41, 5.74) is 0.767. The summed E-state index contributed by atoms with van der Waals surface area (Å²) in [7, 11) is 0. The molecule has 0 spiro atoms. The second-order valence-electron chi connectivity index (χ2n) is 2.21. The van der Waals surface area contributed by atoms with Crippen LogP contribution >= 0.6 is 38.5 Å². The molecule has 0 atom stereocenters. The number of aryl methyl sites for hydroxylation is 1. The van der Waals surface area contributed by atoms with Gasteiger partial charge in [-0.3, -0.25) is 0 Å². The number of hydrogen-bond donors (Lipinski definition) is 0. The standard InChI is InChI=1S/C8H7BrFI/c1-2-5-3-6(9)4-7(11)8(5)10/h3-4H,2H2,1H3. The van der Waals surface area contributed by atoms with Crippen LogP contribution in [0.4, 0.5) is 4.39 Å². The van der Waals surface area contributed by atoms with Gasteiger partial charge >= 0.3 is 0 Å². The van der Waals surface area contributed by atoms with Crippen LogP contribution in [0.25, 0.3) is 0 Å². The molecule has 0 fully saturated rings. The molecule has 3 heteroatoms. The number of hydrogen-bond acceptors (Lipinski definition) is 0. The highest BCUT2D eigenvalue weighted by Gasteiger charge is 2.05. The third kappa shape index (κ3) is 2.15. The lowest BCUT2D eigenvalue weighted by Crippen LogP contribution is -1.90. The molecule has 0 aliphatic heterocycles. The fraction of sp³-hybridized carbons (Fsp3) is 0.250. The predicted molar refractivity (Wildman–Crippen MR) is 56.2 cm³/mol. The number of halogens is 3. The highest BCUT2D eigenvalue weighted by atomic mass is 127. The Morgan fingerprint density at radius 3 is 2.73 bits per heavy atom. The number of benzene rings is 1. The first-order chi connectivity index (χ1) is 5.15. The maximum Gasteiger partial charge on any atom is 0.139 e. The minimum atomic E-state index is -0.0868. The van der Waals surface area contributed by atoms with Crippen LogP contribution in [-0.4, -0.2) is 0 Å². The second kappa shape index (κ2) is 3.85. The topological polar surface area (TPSA) is 0 Å². The van der Waals surface area contributed by atoms with Crippen molar-refractivity contribution in [3.05, 3.63) is 31.6 Å². The van der Waals surface area contributed by atoms with E-state index < -0.39 is 0 Å². The van der Waals surface area contributed by atoms with Crippen molar-refractivity contribution in [2.24, 2.45) is 0 Å². The Morgan fingerprint density at radius 2 is 2.18 bits per heavy atom. The summed E-state index contributed by atoms with van der Waals surface area (Å²) < 4.78 is 14.8. The van der Waals surface area contributed by atoms with Crippen LogP contribution in [0.3, 0.4) is 0 Å². The molecule has 0 saturated carbocycles. The first-order valence-corrected chi connectivity index (χ1v) is 5.15. The van der Waals surface area contributed by atoms with Crippen molar-refractivity contribution in [2.45, 2.75) is 13.3 Å². The molecule has 0 radical (unpaired) electrons. The van der Waals surface area contributed by atoms with Crippen LogP contribution in [0.15, 0.2) is 16.6 Å². The van der Waals surface area contributed by atoms with Gasteiger partial charge in [0.1, 0.15) is 5.82 Å². The Balaban J connectivity index is 3.24. The fourth-order valence-corrected chi connectivity index (χ4v) is 2.48. The van der Waals surface area contributed by atoms with Crippen molar-refractivity contribution >= 4 is 38.5 Å². The molecule has 0 aliphatic carbocycles. The molecule has 0 aliphatic rings. The molecule has 1 aromatic carbocycles. The zero-order valence-electron chi connectivity index (χ0n) is 6.00. The molecular weight excluding hydrogens is 322 g/mol. The molecule has 1 rings (SSSR count). The number of rotatable bonds is 1. The summed E-state index contributed by atoms with van der Waals surface area (Å²) >= 11 is 5.31. The van der Waals surface area contributed by atoms with Crippen molar-refractivity contribution < 1.29 is 4.39 Å². The third-order valence-electron chi connectivity index (χ3n) is 1.45. The van der Waals surface area contributed by atoms with Gasteiger partial charge < -0.3 is 0 Å². The Kier molecular flexibility index (Phi) is 3.30. The maximum atomic E-state index is 13.2. The summed E-state index contributed by atoms with van der Waals surface area (Å²) in [5.74, 6) is -0.0868. The lowest BCUT2D eigenvalue weighted by Gasteiger charge is -2.02. The predicted octanol–water partition coefficient (Wildman–Crippen LogP) is 3.76. The minimum absolute atomic E-state index is 0.0868. The van der Waals surface area contributed by atoms with E-state index in [1.54, 1.807) is 6.07 Å². The van der Waals surface area contributed by atoms with Gasteiger partial charge in [0, 0.05) is 4.47 Å². The average molecular weight is 329 g/mol. The zero-order valence-corrected chi connectivity index (χ0v) is 9.74. The quantitative estimate of drug-likeness (QED) is 0.544. The van der Waals surface area contributed by atoms with E-state index in [1.807, 2.05) is 35.6 Å². The summed E-state index contributed by atoms with van der Waals surface area (Å²) in [6.45, 7) is 1.95. The van der Waals surface area contributed by atoms with Crippen molar-refractivity contribution in [1.82, 2.24) is 0 Å². The minimum Gasteiger partial charge on any atom is -0.206 e. The fourth-order valence-electron chi connectivity index (χ4n) is 0.867. The zero-order chi connectivity index (χ0) is 8.43. The lowest BCUT2D eigenvalue weighted by atomic mass is 10.2. The van der Waals surface area contributed by atoms with Crippen molar-refractivity contribution in [3.63, 3.8) is 0 Å². The highest BCUT2D eigenvalue weighted by molar-refractivity contribution is 14.1. The molecule has 0 unspecified atom stereocenters. The molecule has 0 heterocycles. The largest absolute Gasteiger partial charge is 0.206 e. The van der Waals surface area contributed by atoms with Crippen LogP contribution in [0, 0.1) is 9.39 Å². The molecule has 0 bridgehead atoms. The van der Waals surface area contributed by atoms with E-state index in [4.69, 9.17) is 0 Å². The molecular formula is C8H7BrFI. The smallest absolute Gasteiger partial charge is 0.139 e. The van der Waals surface area contributed by atoms with E-state index >= 15 is 0 Å². The monoisotopic (exact) mass is 328 g/mol.